The summed E-state index contributed by atoms with van der Waals surface area (Å²) in [5, 5.41) is 10.5. The van der Waals surface area contributed by atoms with Gasteiger partial charge >= 0.3 is 0 Å². The van der Waals surface area contributed by atoms with Crippen molar-refractivity contribution in [3.63, 3.8) is 0 Å². The van der Waals surface area contributed by atoms with Crippen LogP contribution in [0, 0.1) is 11.8 Å². The molecule has 2 bridgehead atoms. The molecule has 1 unspecified atom stereocenters. The van der Waals surface area contributed by atoms with E-state index in [-0.39, 0.29) is 23.0 Å². The molecule has 0 aliphatic carbocycles. The standard InChI is InChI=1S/C12H20O2/c1-8-10(3)6-7-11(4,14-10)9(2)12(8,5)13/h6-9,13H,1-5H3/t8-,9+,10+,11-,12?. The third-order valence-corrected chi connectivity index (χ3v) is 4.66. The molecule has 0 amide bonds. The van der Waals surface area contributed by atoms with Gasteiger partial charge in [-0.2, -0.15) is 0 Å². The van der Waals surface area contributed by atoms with E-state index in [4.69, 9.17) is 4.74 Å². The highest BCUT2D eigenvalue weighted by molar-refractivity contribution is 5.26. The summed E-state index contributed by atoms with van der Waals surface area (Å²) in [6.07, 6.45) is 4.21. The van der Waals surface area contributed by atoms with Gasteiger partial charge in [0.2, 0.25) is 0 Å². The molecule has 2 aliphatic rings. The zero-order valence-corrected chi connectivity index (χ0v) is 9.66. The maximum atomic E-state index is 10.5. The van der Waals surface area contributed by atoms with Crippen LogP contribution in [0.3, 0.4) is 0 Å². The molecule has 0 spiro atoms. The van der Waals surface area contributed by atoms with E-state index in [0.29, 0.717) is 0 Å². The van der Waals surface area contributed by atoms with Crippen LogP contribution in [0.2, 0.25) is 0 Å². The summed E-state index contributed by atoms with van der Waals surface area (Å²) >= 11 is 0. The van der Waals surface area contributed by atoms with Crippen molar-refractivity contribution in [3.05, 3.63) is 12.2 Å². The fraction of sp³-hybridized carbons (Fsp3) is 0.833. The van der Waals surface area contributed by atoms with Gasteiger partial charge in [-0.3, -0.25) is 0 Å². The second-order valence-electron chi connectivity index (χ2n) is 5.47. The van der Waals surface area contributed by atoms with Gasteiger partial charge in [0.1, 0.15) is 0 Å². The summed E-state index contributed by atoms with van der Waals surface area (Å²) in [6, 6.07) is 0. The van der Waals surface area contributed by atoms with Crippen LogP contribution in [0.25, 0.3) is 0 Å². The predicted octanol–water partition coefficient (Wildman–Crippen LogP) is 2.13. The van der Waals surface area contributed by atoms with E-state index >= 15 is 0 Å². The monoisotopic (exact) mass is 196 g/mol. The van der Waals surface area contributed by atoms with E-state index in [9.17, 15) is 5.11 Å². The average molecular weight is 196 g/mol. The first-order valence-electron chi connectivity index (χ1n) is 5.35. The molecule has 0 saturated carbocycles. The number of hydrogen-bond donors (Lipinski definition) is 1. The molecular formula is C12H20O2. The van der Waals surface area contributed by atoms with E-state index < -0.39 is 5.60 Å². The summed E-state index contributed by atoms with van der Waals surface area (Å²) in [7, 11) is 0. The molecule has 5 atom stereocenters. The zero-order chi connectivity index (χ0) is 10.8. The third kappa shape index (κ3) is 0.986. The normalized spacial score (nSPS) is 61.9. The largest absolute Gasteiger partial charge is 0.389 e. The molecule has 0 radical (unpaired) electrons. The van der Waals surface area contributed by atoms with Gasteiger partial charge in [0.05, 0.1) is 16.8 Å². The molecule has 2 aliphatic heterocycles. The summed E-state index contributed by atoms with van der Waals surface area (Å²) in [6.45, 7) is 10.2. The lowest BCUT2D eigenvalue weighted by molar-refractivity contribution is -0.245. The highest BCUT2D eigenvalue weighted by Gasteiger charge is 2.60. The zero-order valence-electron chi connectivity index (χ0n) is 9.66. The van der Waals surface area contributed by atoms with E-state index in [0.717, 1.165) is 0 Å². The van der Waals surface area contributed by atoms with E-state index in [1.165, 1.54) is 0 Å². The number of rotatable bonds is 0. The molecule has 0 aromatic heterocycles. The van der Waals surface area contributed by atoms with E-state index in [1.807, 2.05) is 6.92 Å². The Balaban J connectivity index is 2.49. The Bertz CT molecular complexity index is 269. The number of aliphatic hydroxyl groups is 1. The molecule has 1 N–H and O–H groups in total. The maximum absolute atomic E-state index is 10.5. The van der Waals surface area contributed by atoms with E-state index in [1.54, 1.807) is 0 Å². The molecule has 1 fully saturated rings. The third-order valence-electron chi connectivity index (χ3n) is 4.66. The lowest BCUT2D eigenvalue weighted by Crippen LogP contribution is -2.62. The van der Waals surface area contributed by atoms with Crippen LogP contribution in [-0.4, -0.2) is 21.9 Å². The Morgan fingerprint density at radius 2 is 1.36 bits per heavy atom. The van der Waals surface area contributed by atoms with Gasteiger partial charge in [-0.05, 0) is 20.8 Å². The maximum Gasteiger partial charge on any atom is 0.0900 e. The smallest absolute Gasteiger partial charge is 0.0900 e. The van der Waals surface area contributed by atoms with Gasteiger partial charge in [-0.25, -0.2) is 0 Å². The van der Waals surface area contributed by atoms with Crippen LogP contribution in [0.5, 0.6) is 0 Å². The molecule has 2 heterocycles. The second kappa shape index (κ2) is 2.42. The van der Waals surface area contributed by atoms with Crippen LogP contribution in [0.4, 0.5) is 0 Å². The average Bonchev–Trinajstić information content (AvgIpc) is 2.39. The Kier molecular flexibility index (Phi) is 1.76. The van der Waals surface area contributed by atoms with Crippen LogP contribution in [0.15, 0.2) is 12.2 Å². The molecule has 14 heavy (non-hydrogen) atoms. The van der Waals surface area contributed by atoms with Crippen molar-refractivity contribution >= 4 is 0 Å². The lowest BCUT2D eigenvalue weighted by Gasteiger charge is -2.54. The summed E-state index contributed by atoms with van der Waals surface area (Å²) in [5.74, 6) is 0.244. The van der Waals surface area contributed by atoms with Crippen LogP contribution in [-0.2, 0) is 4.74 Å². The van der Waals surface area contributed by atoms with Crippen molar-refractivity contribution in [1.29, 1.82) is 0 Å². The van der Waals surface area contributed by atoms with Crippen molar-refractivity contribution in [1.82, 2.24) is 0 Å². The minimum Gasteiger partial charge on any atom is -0.389 e. The van der Waals surface area contributed by atoms with Gasteiger partial charge in [0, 0.05) is 11.8 Å². The van der Waals surface area contributed by atoms with Gasteiger partial charge < -0.3 is 9.84 Å². The Labute approximate surface area is 86.0 Å². The number of ether oxygens (including phenoxy) is 1. The first-order valence-corrected chi connectivity index (χ1v) is 5.35. The Hall–Kier alpha value is -0.340. The van der Waals surface area contributed by atoms with Gasteiger partial charge in [0.15, 0.2) is 0 Å². The quantitative estimate of drug-likeness (QED) is 0.601. The molecular weight excluding hydrogens is 176 g/mol. The molecule has 2 nitrogen and oxygen atoms in total. The van der Waals surface area contributed by atoms with Crippen LogP contribution >= 0.6 is 0 Å². The minimum atomic E-state index is -0.661. The van der Waals surface area contributed by atoms with Crippen molar-refractivity contribution in [2.75, 3.05) is 0 Å². The fourth-order valence-corrected chi connectivity index (χ4v) is 2.87. The fourth-order valence-electron chi connectivity index (χ4n) is 2.87. The Morgan fingerprint density at radius 3 is 1.71 bits per heavy atom. The predicted molar refractivity (Wildman–Crippen MR) is 56.0 cm³/mol. The molecule has 2 heteroatoms. The highest BCUT2D eigenvalue weighted by atomic mass is 16.5. The van der Waals surface area contributed by atoms with Gasteiger partial charge in [-0.15, -0.1) is 0 Å². The van der Waals surface area contributed by atoms with Crippen molar-refractivity contribution < 1.29 is 9.84 Å². The molecule has 80 valence electrons. The summed E-state index contributed by atoms with van der Waals surface area (Å²) in [4.78, 5) is 0. The summed E-state index contributed by atoms with van der Waals surface area (Å²) in [5.41, 5.74) is -1.26. The molecule has 0 aromatic rings. The van der Waals surface area contributed by atoms with Crippen molar-refractivity contribution in [2.24, 2.45) is 11.8 Å². The van der Waals surface area contributed by atoms with Gasteiger partial charge in [0.25, 0.3) is 0 Å². The number of fused-ring (bicyclic) bond motifs is 2. The second-order valence-corrected chi connectivity index (χ2v) is 5.47. The van der Waals surface area contributed by atoms with E-state index in [2.05, 4.69) is 39.8 Å². The van der Waals surface area contributed by atoms with Crippen LogP contribution in [0.1, 0.15) is 34.6 Å². The SMILES string of the molecule is C[C@@H]1C(C)(O)[C@H](C)[C@]2(C)C=C[C@@]1(C)O2. The first-order chi connectivity index (χ1) is 6.22. The van der Waals surface area contributed by atoms with Crippen LogP contribution < -0.4 is 0 Å². The minimum absolute atomic E-state index is 0.122. The summed E-state index contributed by atoms with van der Waals surface area (Å²) < 4.78 is 6.06. The van der Waals surface area contributed by atoms with Crippen molar-refractivity contribution in [2.45, 2.75) is 51.4 Å². The highest BCUT2D eigenvalue weighted by Crippen LogP contribution is 2.53. The molecule has 0 aromatic carbocycles. The Morgan fingerprint density at radius 1 is 1.00 bits per heavy atom. The molecule has 1 saturated heterocycles. The topological polar surface area (TPSA) is 29.5 Å². The van der Waals surface area contributed by atoms with Crippen molar-refractivity contribution in [3.8, 4) is 0 Å². The first kappa shape index (κ1) is 10.2. The number of hydrogen-bond acceptors (Lipinski definition) is 2. The van der Waals surface area contributed by atoms with Gasteiger partial charge in [-0.1, -0.05) is 26.0 Å². The molecule has 2 rings (SSSR count). The lowest BCUT2D eigenvalue weighted by atomic mass is 9.67.